The van der Waals surface area contributed by atoms with Crippen LogP contribution in [0.5, 0.6) is 0 Å². The van der Waals surface area contributed by atoms with Crippen LogP contribution in [0.25, 0.3) is 0 Å². The molecular formula is C5H13NO4. The fourth-order valence-electron chi connectivity index (χ4n) is 0.168. The summed E-state index contributed by atoms with van der Waals surface area (Å²) in [6, 6.07) is 0. The van der Waals surface area contributed by atoms with Crippen LogP contribution in [0.15, 0.2) is 0 Å². The molecule has 0 aliphatic heterocycles. The van der Waals surface area contributed by atoms with Crippen molar-refractivity contribution >= 4 is 6.09 Å². The normalized spacial score (nSPS) is 10.8. The standard InChI is InChI=1S/C3H7NO3.C2H6O/c1-2(5)7-3(4)6;1-3-2/h2,5H,1H3,(H2,4,6);1-2H3. The Morgan fingerprint density at radius 1 is 1.60 bits per heavy atom. The van der Waals surface area contributed by atoms with Gasteiger partial charge in [-0.1, -0.05) is 0 Å². The largest absolute Gasteiger partial charge is 0.420 e. The van der Waals surface area contributed by atoms with E-state index in [9.17, 15) is 4.79 Å². The first-order valence-electron chi connectivity index (χ1n) is 2.58. The molecule has 0 saturated carbocycles. The van der Waals surface area contributed by atoms with Gasteiger partial charge in [0.2, 0.25) is 0 Å². The Labute approximate surface area is 59.7 Å². The van der Waals surface area contributed by atoms with Gasteiger partial charge in [-0.05, 0) is 6.92 Å². The SMILES string of the molecule is CC(O)OC(N)=O.COC. The van der Waals surface area contributed by atoms with Gasteiger partial charge in [0.05, 0.1) is 0 Å². The summed E-state index contributed by atoms with van der Waals surface area (Å²) in [5, 5.41) is 8.20. The van der Waals surface area contributed by atoms with Gasteiger partial charge in [-0.15, -0.1) is 0 Å². The highest BCUT2D eigenvalue weighted by Gasteiger charge is 1.96. The molecule has 0 heterocycles. The van der Waals surface area contributed by atoms with Crippen LogP contribution >= 0.6 is 0 Å². The lowest BCUT2D eigenvalue weighted by atomic mass is 10.8. The first-order chi connectivity index (χ1) is 4.54. The second-order valence-electron chi connectivity index (χ2n) is 1.44. The molecule has 1 unspecified atom stereocenters. The van der Waals surface area contributed by atoms with Gasteiger partial charge in [0, 0.05) is 14.2 Å². The van der Waals surface area contributed by atoms with Crippen molar-refractivity contribution < 1.29 is 19.4 Å². The number of rotatable bonds is 1. The first-order valence-corrected chi connectivity index (χ1v) is 2.58. The van der Waals surface area contributed by atoms with Gasteiger partial charge in [0.25, 0.3) is 0 Å². The number of nitrogens with two attached hydrogens (primary N) is 1. The molecule has 0 saturated heterocycles. The smallest absolute Gasteiger partial charge is 0.406 e. The number of hydrogen-bond donors (Lipinski definition) is 2. The van der Waals surface area contributed by atoms with Crippen molar-refractivity contribution in [1.29, 1.82) is 0 Å². The number of methoxy groups -OCH3 is 1. The first kappa shape index (κ1) is 11.9. The molecule has 0 spiro atoms. The summed E-state index contributed by atoms with van der Waals surface area (Å²) in [6.07, 6.45) is -2.06. The van der Waals surface area contributed by atoms with Gasteiger partial charge >= 0.3 is 6.09 Å². The van der Waals surface area contributed by atoms with Crippen LogP contribution in [0.4, 0.5) is 4.79 Å². The number of ether oxygens (including phenoxy) is 2. The highest BCUT2D eigenvalue weighted by atomic mass is 16.6. The molecule has 1 atom stereocenters. The van der Waals surface area contributed by atoms with Gasteiger partial charge in [-0.25, -0.2) is 4.79 Å². The molecule has 1 amide bonds. The second kappa shape index (κ2) is 8.19. The number of hydrogen-bond acceptors (Lipinski definition) is 4. The topological polar surface area (TPSA) is 81.8 Å². The Hall–Kier alpha value is -0.810. The van der Waals surface area contributed by atoms with E-state index in [4.69, 9.17) is 5.11 Å². The van der Waals surface area contributed by atoms with Crippen LogP contribution in [0.2, 0.25) is 0 Å². The quantitative estimate of drug-likeness (QED) is 0.503. The minimum Gasteiger partial charge on any atom is -0.420 e. The van der Waals surface area contributed by atoms with E-state index in [1.807, 2.05) is 0 Å². The van der Waals surface area contributed by atoms with Crippen molar-refractivity contribution in [3.05, 3.63) is 0 Å². The minimum absolute atomic E-state index is 0.963. The summed E-state index contributed by atoms with van der Waals surface area (Å²) >= 11 is 0. The van der Waals surface area contributed by atoms with Gasteiger partial charge in [-0.2, -0.15) is 0 Å². The molecule has 0 radical (unpaired) electrons. The fourth-order valence-corrected chi connectivity index (χ4v) is 0.168. The molecule has 0 aromatic carbocycles. The predicted octanol–water partition coefficient (Wildman–Crippen LogP) is -0.317. The fraction of sp³-hybridized carbons (Fsp3) is 0.800. The Morgan fingerprint density at radius 2 is 1.90 bits per heavy atom. The van der Waals surface area contributed by atoms with Gasteiger partial charge in [0.1, 0.15) is 0 Å². The van der Waals surface area contributed by atoms with E-state index in [0.29, 0.717) is 0 Å². The number of aliphatic hydroxyl groups is 1. The molecule has 0 aliphatic rings. The van der Waals surface area contributed by atoms with Crippen LogP contribution in [-0.4, -0.2) is 31.7 Å². The molecule has 3 N–H and O–H groups in total. The zero-order chi connectivity index (χ0) is 8.57. The third-order valence-electron chi connectivity index (χ3n) is 0.287. The number of aliphatic hydroxyl groups excluding tert-OH is 1. The van der Waals surface area contributed by atoms with Crippen LogP contribution in [0, 0.1) is 0 Å². The summed E-state index contributed by atoms with van der Waals surface area (Å²) in [7, 11) is 3.25. The van der Waals surface area contributed by atoms with Crippen molar-refractivity contribution in [2.24, 2.45) is 5.73 Å². The van der Waals surface area contributed by atoms with E-state index in [-0.39, 0.29) is 0 Å². The van der Waals surface area contributed by atoms with Crippen LogP contribution < -0.4 is 5.73 Å². The zero-order valence-electron chi connectivity index (χ0n) is 6.33. The van der Waals surface area contributed by atoms with Crippen molar-refractivity contribution in [3.8, 4) is 0 Å². The highest BCUT2D eigenvalue weighted by molar-refractivity contribution is 5.64. The van der Waals surface area contributed by atoms with Crippen LogP contribution in [0.3, 0.4) is 0 Å². The van der Waals surface area contributed by atoms with E-state index in [2.05, 4.69) is 15.2 Å². The Bertz CT molecular complexity index is 83.7. The lowest BCUT2D eigenvalue weighted by Gasteiger charge is -2.00. The van der Waals surface area contributed by atoms with Gasteiger partial charge in [0.15, 0.2) is 6.29 Å². The molecule has 62 valence electrons. The van der Waals surface area contributed by atoms with Crippen molar-refractivity contribution in [2.45, 2.75) is 13.2 Å². The van der Waals surface area contributed by atoms with Crippen molar-refractivity contribution in [3.63, 3.8) is 0 Å². The average molecular weight is 151 g/mol. The van der Waals surface area contributed by atoms with E-state index in [1.165, 1.54) is 6.92 Å². The summed E-state index contributed by atoms with van der Waals surface area (Å²) in [6.45, 7) is 1.30. The predicted molar refractivity (Wildman–Crippen MR) is 35.3 cm³/mol. The summed E-state index contributed by atoms with van der Waals surface area (Å²) in [5.41, 5.74) is 4.47. The molecule has 0 aliphatic carbocycles. The molecule has 0 aromatic rings. The third-order valence-corrected chi connectivity index (χ3v) is 0.287. The minimum atomic E-state index is -1.10. The highest BCUT2D eigenvalue weighted by Crippen LogP contribution is 1.79. The Kier molecular flexibility index (Phi) is 9.77. The zero-order valence-corrected chi connectivity index (χ0v) is 6.33. The number of carbonyl (C=O) groups is 1. The van der Waals surface area contributed by atoms with Gasteiger partial charge in [-0.3, -0.25) is 0 Å². The molecule has 10 heavy (non-hydrogen) atoms. The monoisotopic (exact) mass is 151 g/mol. The van der Waals surface area contributed by atoms with Crippen LogP contribution in [0.1, 0.15) is 6.92 Å². The molecule has 5 nitrogen and oxygen atoms in total. The summed E-state index contributed by atoms with van der Waals surface area (Å²) in [5.74, 6) is 0. The lowest BCUT2D eigenvalue weighted by molar-refractivity contribution is -0.0334. The number of primary amides is 1. The van der Waals surface area contributed by atoms with Crippen molar-refractivity contribution in [1.82, 2.24) is 0 Å². The third kappa shape index (κ3) is 27.1. The second-order valence-corrected chi connectivity index (χ2v) is 1.44. The maximum absolute atomic E-state index is 9.65. The number of amides is 1. The van der Waals surface area contributed by atoms with E-state index in [0.717, 1.165) is 0 Å². The average Bonchev–Trinajstić information content (AvgIpc) is 1.62. The summed E-state index contributed by atoms with van der Waals surface area (Å²) < 4.78 is 8.19. The summed E-state index contributed by atoms with van der Waals surface area (Å²) in [4.78, 5) is 9.65. The van der Waals surface area contributed by atoms with E-state index >= 15 is 0 Å². The molecular weight excluding hydrogens is 138 g/mol. The molecule has 0 aromatic heterocycles. The van der Waals surface area contributed by atoms with E-state index in [1.54, 1.807) is 14.2 Å². The Morgan fingerprint density at radius 3 is 1.90 bits per heavy atom. The molecule has 5 heteroatoms. The Balaban J connectivity index is 0. The maximum Gasteiger partial charge on any atom is 0.406 e. The maximum atomic E-state index is 9.65. The lowest BCUT2D eigenvalue weighted by Crippen LogP contribution is -2.19. The van der Waals surface area contributed by atoms with Crippen molar-refractivity contribution in [2.75, 3.05) is 14.2 Å². The molecule has 0 rings (SSSR count). The van der Waals surface area contributed by atoms with E-state index < -0.39 is 12.4 Å². The number of carbonyl (C=O) groups excluding carboxylic acids is 1. The van der Waals surface area contributed by atoms with Crippen LogP contribution in [-0.2, 0) is 9.47 Å². The molecule has 0 fully saturated rings. The molecule has 0 bridgehead atoms. The van der Waals surface area contributed by atoms with Gasteiger partial charge < -0.3 is 20.3 Å².